The lowest BCUT2D eigenvalue weighted by Crippen LogP contribution is -2.28. The number of aryl methyl sites for hydroxylation is 1. The van der Waals surface area contributed by atoms with Crippen LogP contribution in [0.4, 0.5) is 11.5 Å². The topological polar surface area (TPSA) is 67.4 Å². The quantitative estimate of drug-likeness (QED) is 0.790. The number of para-hydroxylation sites is 2. The van der Waals surface area contributed by atoms with Crippen molar-refractivity contribution < 1.29 is 9.53 Å². The number of unbranched alkanes of at least 4 members (excludes halogenated alkanes) is 1. The van der Waals surface area contributed by atoms with Crippen LogP contribution >= 0.6 is 0 Å². The van der Waals surface area contributed by atoms with E-state index in [1.54, 1.807) is 24.9 Å². The number of hydrogen-bond donors (Lipinski definition) is 1. The van der Waals surface area contributed by atoms with Crippen LogP contribution in [0.5, 0.6) is 5.75 Å². The first-order valence-electron chi connectivity index (χ1n) is 8.65. The zero-order valence-corrected chi connectivity index (χ0v) is 15.4. The van der Waals surface area contributed by atoms with Crippen LogP contribution in [-0.4, -0.2) is 41.0 Å². The van der Waals surface area contributed by atoms with Gasteiger partial charge in [0.2, 0.25) is 0 Å². The first kappa shape index (κ1) is 18.7. The molecule has 2 aromatic rings. The summed E-state index contributed by atoms with van der Waals surface area (Å²) in [6.45, 7) is 7.11. The predicted molar refractivity (Wildman–Crippen MR) is 99.5 cm³/mol. The first-order chi connectivity index (χ1) is 12.0. The lowest BCUT2D eigenvalue weighted by molar-refractivity contribution is 0.0787. The average Bonchev–Trinajstić information content (AvgIpc) is 2.60. The minimum atomic E-state index is -0.0971. The fourth-order valence-electron chi connectivity index (χ4n) is 2.42. The molecule has 1 aromatic carbocycles. The Hall–Kier alpha value is -2.63. The molecule has 2 rings (SSSR count). The SMILES string of the molecule is CCCCN(C)C(=O)c1cc(Nc2ccccc2OCC)nc(C)n1. The molecular weight excluding hydrogens is 316 g/mol. The Morgan fingerprint density at radius 1 is 1.24 bits per heavy atom. The maximum Gasteiger partial charge on any atom is 0.272 e. The Morgan fingerprint density at radius 2 is 2.00 bits per heavy atom. The number of carbonyl (C=O) groups excluding carboxylic acids is 1. The van der Waals surface area contributed by atoms with Crippen molar-refractivity contribution in [3.05, 3.63) is 41.9 Å². The monoisotopic (exact) mass is 342 g/mol. The fraction of sp³-hybridized carbons (Fsp3) is 0.421. The van der Waals surface area contributed by atoms with Gasteiger partial charge in [0.25, 0.3) is 5.91 Å². The molecule has 0 aliphatic carbocycles. The van der Waals surface area contributed by atoms with Crippen LogP contribution in [-0.2, 0) is 0 Å². The van der Waals surface area contributed by atoms with Gasteiger partial charge in [0.1, 0.15) is 23.1 Å². The number of aromatic nitrogens is 2. The maximum atomic E-state index is 12.6. The van der Waals surface area contributed by atoms with Crippen molar-refractivity contribution in [2.24, 2.45) is 0 Å². The van der Waals surface area contributed by atoms with Crippen molar-refractivity contribution in [1.29, 1.82) is 0 Å². The molecular formula is C19H26N4O2. The van der Waals surface area contributed by atoms with Gasteiger partial charge in [0.15, 0.2) is 0 Å². The summed E-state index contributed by atoms with van der Waals surface area (Å²) in [4.78, 5) is 22.9. The van der Waals surface area contributed by atoms with E-state index in [4.69, 9.17) is 4.74 Å². The summed E-state index contributed by atoms with van der Waals surface area (Å²) in [7, 11) is 1.80. The molecule has 0 saturated carbocycles. The van der Waals surface area contributed by atoms with E-state index < -0.39 is 0 Å². The van der Waals surface area contributed by atoms with Gasteiger partial charge in [-0.15, -0.1) is 0 Å². The minimum Gasteiger partial charge on any atom is -0.492 e. The molecule has 0 atom stereocenters. The number of amides is 1. The van der Waals surface area contributed by atoms with Gasteiger partial charge < -0.3 is 15.0 Å². The molecule has 0 bridgehead atoms. The van der Waals surface area contributed by atoms with Gasteiger partial charge in [-0.25, -0.2) is 9.97 Å². The third kappa shape index (κ3) is 5.17. The van der Waals surface area contributed by atoms with E-state index in [0.717, 1.165) is 24.3 Å². The molecule has 134 valence electrons. The van der Waals surface area contributed by atoms with Gasteiger partial charge in [-0.3, -0.25) is 4.79 Å². The Kier molecular flexibility index (Phi) is 6.74. The summed E-state index contributed by atoms with van der Waals surface area (Å²) in [6, 6.07) is 9.32. The van der Waals surface area contributed by atoms with Crippen molar-refractivity contribution in [2.75, 3.05) is 25.5 Å². The molecule has 6 heteroatoms. The van der Waals surface area contributed by atoms with Gasteiger partial charge in [-0.2, -0.15) is 0 Å². The van der Waals surface area contributed by atoms with Crippen molar-refractivity contribution in [3.8, 4) is 5.75 Å². The normalized spacial score (nSPS) is 10.4. The third-order valence-corrected chi connectivity index (χ3v) is 3.70. The van der Waals surface area contributed by atoms with Crippen LogP contribution in [0.1, 0.15) is 43.0 Å². The van der Waals surface area contributed by atoms with Gasteiger partial charge in [-0.05, 0) is 32.4 Å². The van der Waals surface area contributed by atoms with E-state index in [-0.39, 0.29) is 5.91 Å². The molecule has 1 heterocycles. The molecule has 0 aliphatic rings. The van der Waals surface area contributed by atoms with E-state index in [2.05, 4.69) is 22.2 Å². The Morgan fingerprint density at radius 3 is 2.72 bits per heavy atom. The van der Waals surface area contributed by atoms with Crippen LogP contribution in [0.25, 0.3) is 0 Å². The summed E-state index contributed by atoms with van der Waals surface area (Å²) in [6.07, 6.45) is 2.01. The molecule has 0 spiro atoms. The molecule has 1 aromatic heterocycles. The molecule has 0 radical (unpaired) electrons. The second-order valence-electron chi connectivity index (χ2n) is 5.82. The van der Waals surface area contributed by atoms with Gasteiger partial charge in [-0.1, -0.05) is 25.5 Å². The number of anilines is 2. The molecule has 1 amide bonds. The zero-order valence-electron chi connectivity index (χ0n) is 15.4. The highest BCUT2D eigenvalue weighted by molar-refractivity contribution is 5.93. The van der Waals surface area contributed by atoms with Gasteiger partial charge >= 0.3 is 0 Å². The molecule has 0 aliphatic heterocycles. The predicted octanol–water partition coefficient (Wildman–Crippen LogP) is 3.80. The van der Waals surface area contributed by atoms with E-state index in [0.29, 0.717) is 30.5 Å². The number of nitrogens with zero attached hydrogens (tertiary/aromatic N) is 3. The lowest BCUT2D eigenvalue weighted by atomic mass is 10.2. The number of rotatable bonds is 8. The number of nitrogens with one attached hydrogen (secondary N) is 1. The Bertz CT molecular complexity index is 718. The number of hydrogen-bond acceptors (Lipinski definition) is 5. The van der Waals surface area contributed by atoms with Crippen LogP contribution in [0, 0.1) is 6.92 Å². The molecule has 25 heavy (non-hydrogen) atoms. The highest BCUT2D eigenvalue weighted by Crippen LogP contribution is 2.27. The number of benzene rings is 1. The third-order valence-electron chi connectivity index (χ3n) is 3.70. The van der Waals surface area contributed by atoms with E-state index in [9.17, 15) is 4.79 Å². The molecule has 1 N–H and O–H groups in total. The van der Waals surface area contributed by atoms with E-state index in [1.807, 2.05) is 31.2 Å². The molecule has 0 saturated heterocycles. The smallest absolute Gasteiger partial charge is 0.272 e. The average molecular weight is 342 g/mol. The highest BCUT2D eigenvalue weighted by Gasteiger charge is 2.15. The van der Waals surface area contributed by atoms with E-state index >= 15 is 0 Å². The first-order valence-corrected chi connectivity index (χ1v) is 8.65. The van der Waals surface area contributed by atoms with Crippen molar-refractivity contribution in [2.45, 2.75) is 33.6 Å². The zero-order chi connectivity index (χ0) is 18.2. The van der Waals surface area contributed by atoms with Gasteiger partial charge in [0.05, 0.1) is 12.3 Å². The fourth-order valence-corrected chi connectivity index (χ4v) is 2.42. The summed E-state index contributed by atoms with van der Waals surface area (Å²) in [5, 5.41) is 3.23. The second-order valence-corrected chi connectivity index (χ2v) is 5.82. The van der Waals surface area contributed by atoms with Crippen LogP contribution < -0.4 is 10.1 Å². The Balaban J connectivity index is 2.23. The van der Waals surface area contributed by atoms with Crippen molar-refractivity contribution in [3.63, 3.8) is 0 Å². The summed E-state index contributed by atoms with van der Waals surface area (Å²) in [5.41, 5.74) is 1.20. The molecule has 0 unspecified atom stereocenters. The Labute approximate surface area is 149 Å². The number of ether oxygens (including phenoxy) is 1. The maximum absolute atomic E-state index is 12.6. The van der Waals surface area contributed by atoms with E-state index in [1.165, 1.54) is 0 Å². The summed E-state index contributed by atoms with van der Waals surface area (Å²) < 4.78 is 5.62. The lowest BCUT2D eigenvalue weighted by Gasteiger charge is -2.17. The van der Waals surface area contributed by atoms with Crippen molar-refractivity contribution in [1.82, 2.24) is 14.9 Å². The van der Waals surface area contributed by atoms with Crippen LogP contribution in [0.2, 0.25) is 0 Å². The minimum absolute atomic E-state index is 0.0971. The summed E-state index contributed by atoms with van der Waals surface area (Å²) >= 11 is 0. The molecule has 0 fully saturated rings. The second kappa shape index (κ2) is 9.01. The van der Waals surface area contributed by atoms with Crippen LogP contribution in [0.3, 0.4) is 0 Å². The summed E-state index contributed by atoms with van der Waals surface area (Å²) in [5.74, 6) is 1.77. The largest absolute Gasteiger partial charge is 0.492 e. The number of carbonyl (C=O) groups is 1. The highest BCUT2D eigenvalue weighted by atomic mass is 16.5. The van der Waals surface area contributed by atoms with Crippen molar-refractivity contribution >= 4 is 17.4 Å². The molecule has 6 nitrogen and oxygen atoms in total. The standard InChI is InChI=1S/C19H26N4O2/c1-5-7-12-23(4)19(24)16-13-18(21-14(3)20-16)22-15-10-8-9-11-17(15)25-6-2/h8-11,13H,5-7,12H2,1-4H3,(H,20,21,22). The van der Waals surface area contributed by atoms with Gasteiger partial charge in [0, 0.05) is 19.7 Å². The van der Waals surface area contributed by atoms with Crippen LogP contribution in [0.15, 0.2) is 30.3 Å².